The number of anilines is 1. The van der Waals surface area contributed by atoms with Crippen LogP contribution >= 0.6 is 46.9 Å². The number of rotatable bonds is 7. The molecule has 0 aliphatic rings. The Hall–Kier alpha value is -0.820. The number of nitrogens with one attached hydrogen (secondary N) is 2. The van der Waals surface area contributed by atoms with Gasteiger partial charge in [0.05, 0.1) is 5.02 Å². The smallest absolute Gasteiger partial charge is 0.171 e. The first-order valence-corrected chi connectivity index (χ1v) is 9.51. The van der Waals surface area contributed by atoms with E-state index < -0.39 is 0 Å². The topological polar surface area (TPSA) is 24.1 Å². The van der Waals surface area contributed by atoms with E-state index >= 15 is 0 Å². The highest BCUT2D eigenvalue weighted by molar-refractivity contribution is 7.98. The third kappa shape index (κ3) is 6.12. The lowest BCUT2D eigenvalue weighted by molar-refractivity contribution is 0.665. The zero-order chi connectivity index (χ0) is 16.5. The molecule has 0 atom stereocenters. The second-order valence-corrected chi connectivity index (χ2v) is 6.99. The zero-order valence-electron chi connectivity index (χ0n) is 12.4. The molecule has 0 saturated carbocycles. The number of allylic oxidation sites excluding steroid dienone is 5. The first-order valence-electron chi connectivity index (χ1n) is 6.51. The summed E-state index contributed by atoms with van der Waals surface area (Å²) >= 11 is 14.6. The van der Waals surface area contributed by atoms with Crippen molar-refractivity contribution in [2.45, 2.75) is 6.92 Å². The van der Waals surface area contributed by atoms with Gasteiger partial charge in [0.2, 0.25) is 0 Å². The van der Waals surface area contributed by atoms with Crippen LogP contribution in [0.4, 0.5) is 9.39 Å². The largest absolute Gasteiger partial charge is 0.362 e. The SMILES string of the molecule is C=C/C(=C\C(F)=C/C)c1cc(Cl)c(NC(=S)NCCSC)s1. The van der Waals surface area contributed by atoms with Gasteiger partial charge < -0.3 is 10.6 Å². The van der Waals surface area contributed by atoms with Crippen LogP contribution in [0.1, 0.15) is 11.8 Å². The van der Waals surface area contributed by atoms with Crippen molar-refractivity contribution < 1.29 is 4.39 Å². The third-order valence-corrected chi connectivity index (χ3v) is 4.95. The van der Waals surface area contributed by atoms with E-state index in [0.717, 1.165) is 22.2 Å². The second kappa shape index (κ2) is 10.0. The highest BCUT2D eigenvalue weighted by Crippen LogP contribution is 2.36. The van der Waals surface area contributed by atoms with Gasteiger partial charge in [0.1, 0.15) is 10.8 Å². The van der Waals surface area contributed by atoms with E-state index in [1.165, 1.54) is 23.5 Å². The van der Waals surface area contributed by atoms with Crippen molar-refractivity contribution in [3.63, 3.8) is 0 Å². The summed E-state index contributed by atoms with van der Waals surface area (Å²) in [6, 6.07) is 1.77. The lowest BCUT2D eigenvalue weighted by Gasteiger charge is -2.08. The van der Waals surface area contributed by atoms with E-state index in [-0.39, 0.29) is 5.83 Å². The zero-order valence-corrected chi connectivity index (χ0v) is 15.6. The molecule has 1 aromatic rings. The van der Waals surface area contributed by atoms with Crippen molar-refractivity contribution in [2.75, 3.05) is 23.9 Å². The number of hydrogen-bond acceptors (Lipinski definition) is 3. The minimum absolute atomic E-state index is 0.316. The fraction of sp³-hybridized carbons (Fsp3) is 0.267. The van der Waals surface area contributed by atoms with Gasteiger partial charge >= 0.3 is 0 Å². The first kappa shape index (κ1) is 19.2. The predicted octanol–water partition coefficient (Wildman–Crippen LogP) is 5.49. The second-order valence-electron chi connectivity index (χ2n) is 4.14. The van der Waals surface area contributed by atoms with E-state index in [0.29, 0.717) is 15.7 Å². The van der Waals surface area contributed by atoms with Gasteiger partial charge in [-0.25, -0.2) is 4.39 Å². The van der Waals surface area contributed by atoms with Gasteiger partial charge in [-0.15, -0.1) is 11.3 Å². The summed E-state index contributed by atoms with van der Waals surface area (Å²) in [4.78, 5) is 0.825. The molecule has 2 nitrogen and oxygen atoms in total. The molecule has 0 aromatic carbocycles. The maximum absolute atomic E-state index is 13.4. The molecule has 0 unspecified atom stereocenters. The van der Waals surface area contributed by atoms with Crippen LogP contribution in [0.15, 0.2) is 36.7 Å². The van der Waals surface area contributed by atoms with Gasteiger partial charge in [0.15, 0.2) is 5.11 Å². The summed E-state index contributed by atoms with van der Waals surface area (Å²) in [5.74, 6) is 0.653. The van der Waals surface area contributed by atoms with Gasteiger partial charge in [0, 0.05) is 17.2 Å². The average Bonchev–Trinajstić information content (AvgIpc) is 2.85. The summed E-state index contributed by atoms with van der Waals surface area (Å²) in [6.45, 7) is 6.14. The quantitative estimate of drug-likeness (QED) is 0.373. The Bertz CT molecular complexity index is 594. The summed E-state index contributed by atoms with van der Waals surface area (Å²) in [5, 5.41) is 7.95. The Labute approximate surface area is 149 Å². The fourth-order valence-electron chi connectivity index (χ4n) is 1.47. The van der Waals surface area contributed by atoms with E-state index in [2.05, 4.69) is 17.2 Å². The average molecular weight is 377 g/mol. The number of thiophene rings is 1. The molecular formula is C15H18ClFN2S3. The number of halogens is 2. The standard InChI is InChI=1S/C15H18ClFN2S3/c1-4-10(8-11(17)5-2)13-9-12(16)14(22-13)19-15(20)18-6-7-21-3/h4-5,8-9H,1,6-7H2,2-3H3,(H2,18,19,20)/b10-8+,11-5+. The molecule has 0 aliphatic carbocycles. The van der Waals surface area contributed by atoms with Gasteiger partial charge in [-0.05, 0) is 43.1 Å². The number of hydrogen-bond donors (Lipinski definition) is 2. The highest BCUT2D eigenvalue weighted by atomic mass is 35.5. The number of thioether (sulfide) groups is 1. The van der Waals surface area contributed by atoms with Gasteiger partial charge in [-0.3, -0.25) is 0 Å². The Morgan fingerprint density at radius 3 is 2.91 bits per heavy atom. The molecule has 0 amide bonds. The molecule has 2 N–H and O–H groups in total. The fourth-order valence-corrected chi connectivity index (χ4v) is 3.35. The summed E-state index contributed by atoms with van der Waals surface area (Å²) < 4.78 is 13.4. The Kier molecular flexibility index (Phi) is 8.78. The van der Waals surface area contributed by atoms with Gasteiger partial charge in [0.25, 0.3) is 0 Å². The monoisotopic (exact) mass is 376 g/mol. The maximum Gasteiger partial charge on any atom is 0.171 e. The molecule has 22 heavy (non-hydrogen) atoms. The highest BCUT2D eigenvalue weighted by Gasteiger charge is 2.11. The van der Waals surface area contributed by atoms with Crippen LogP contribution in [0.25, 0.3) is 5.57 Å². The number of thiocarbonyl (C=S) groups is 1. The maximum atomic E-state index is 13.4. The van der Waals surface area contributed by atoms with Crippen LogP contribution in [0.2, 0.25) is 5.02 Å². The summed E-state index contributed by atoms with van der Waals surface area (Å²) in [7, 11) is 0. The van der Waals surface area contributed by atoms with Crippen LogP contribution in [-0.4, -0.2) is 23.7 Å². The molecule has 0 fully saturated rings. The van der Waals surface area contributed by atoms with Crippen LogP contribution in [0.3, 0.4) is 0 Å². The van der Waals surface area contributed by atoms with Crippen molar-refractivity contribution >= 4 is 62.6 Å². The molecule has 0 spiro atoms. The van der Waals surface area contributed by atoms with Crippen molar-refractivity contribution in [3.05, 3.63) is 46.6 Å². The van der Waals surface area contributed by atoms with Crippen molar-refractivity contribution in [2.24, 2.45) is 0 Å². The van der Waals surface area contributed by atoms with Crippen LogP contribution in [-0.2, 0) is 0 Å². The first-order chi connectivity index (χ1) is 10.5. The lowest BCUT2D eigenvalue weighted by Crippen LogP contribution is -2.29. The molecule has 120 valence electrons. The molecule has 1 aromatic heterocycles. The third-order valence-electron chi connectivity index (χ3n) is 2.58. The van der Waals surface area contributed by atoms with E-state index in [1.54, 1.807) is 30.8 Å². The summed E-state index contributed by atoms with van der Waals surface area (Å²) in [5.41, 5.74) is 0.678. The molecule has 1 heterocycles. The normalized spacial score (nSPS) is 12.2. The minimum Gasteiger partial charge on any atom is -0.362 e. The van der Waals surface area contributed by atoms with Crippen molar-refractivity contribution in [1.82, 2.24) is 5.32 Å². The molecule has 0 aliphatic heterocycles. The molecule has 0 bridgehead atoms. The Morgan fingerprint density at radius 1 is 1.59 bits per heavy atom. The Morgan fingerprint density at radius 2 is 2.32 bits per heavy atom. The minimum atomic E-state index is -0.316. The predicted molar refractivity (Wildman–Crippen MR) is 105 cm³/mol. The Balaban J connectivity index is 2.85. The van der Waals surface area contributed by atoms with Crippen LogP contribution in [0, 0.1) is 0 Å². The van der Waals surface area contributed by atoms with Crippen LogP contribution in [0.5, 0.6) is 0 Å². The molecule has 0 radical (unpaired) electrons. The van der Waals surface area contributed by atoms with Gasteiger partial charge in [-0.1, -0.05) is 30.3 Å². The molecule has 1 rings (SSSR count). The van der Waals surface area contributed by atoms with Gasteiger partial charge in [-0.2, -0.15) is 11.8 Å². The lowest BCUT2D eigenvalue weighted by atomic mass is 10.2. The van der Waals surface area contributed by atoms with E-state index in [4.69, 9.17) is 23.8 Å². The van der Waals surface area contributed by atoms with Crippen molar-refractivity contribution in [3.8, 4) is 0 Å². The van der Waals surface area contributed by atoms with Crippen molar-refractivity contribution in [1.29, 1.82) is 0 Å². The van der Waals surface area contributed by atoms with E-state index in [9.17, 15) is 4.39 Å². The molecular weight excluding hydrogens is 359 g/mol. The molecule has 7 heteroatoms. The van der Waals surface area contributed by atoms with Crippen LogP contribution < -0.4 is 10.6 Å². The molecule has 0 saturated heterocycles. The summed E-state index contributed by atoms with van der Waals surface area (Å²) in [6.07, 6.45) is 6.45. The van der Waals surface area contributed by atoms with E-state index in [1.807, 2.05) is 6.26 Å².